The van der Waals surface area contributed by atoms with Gasteiger partial charge < -0.3 is 5.11 Å². The molecular weight excluding hydrogens is 264 g/mol. The molecule has 1 N–H and O–H groups in total. The first-order chi connectivity index (χ1) is 9.83. The SMILES string of the molecule is CCCCCCCCCC(O)c1cccc2ccsc12. The molecule has 1 aromatic heterocycles. The zero-order valence-electron chi connectivity index (χ0n) is 12.5. The first-order valence-corrected chi connectivity index (χ1v) is 8.85. The molecular formula is C18H26OS. The fourth-order valence-corrected chi connectivity index (χ4v) is 3.69. The van der Waals surface area contributed by atoms with E-state index in [2.05, 4.69) is 36.6 Å². The van der Waals surface area contributed by atoms with E-state index < -0.39 is 0 Å². The molecule has 0 bridgehead atoms. The average molecular weight is 290 g/mol. The second-order valence-corrected chi connectivity index (χ2v) is 6.53. The Morgan fingerprint density at radius 2 is 1.75 bits per heavy atom. The zero-order valence-corrected chi connectivity index (χ0v) is 13.3. The number of benzene rings is 1. The van der Waals surface area contributed by atoms with Gasteiger partial charge in [0.25, 0.3) is 0 Å². The Balaban J connectivity index is 1.75. The van der Waals surface area contributed by atoms with Crippen molar-refractivity contribution in [3.63, 3.8) is 0 Å². The monoisotopic (exact) mass is 290 g/mol. The molecule has 0 saturated carbocycles. The second-order valence-electron chi connectivity index (χ2n) is 5.61. The Morgan fingerprint density at radius 3 is 2.55 bits per heavy atom. The second kappa shape index (κ2) is 8.43. The maximum Gasteiger partial charge on any atom is 0.0803 e. The van der Waals surface area contributed by atoms with Crippen LogP contribution in [0, 0.1) is 0 Å². The van der Waals surface area contributed by atoms with Gasteiger partial charge in [0.1, 0.15) is 0 Å². The van der Waals surface area contributed by atoms with Crippen LogP contribution < -0.4 is 0 Å². The van der Waals surface area contributed by atoms with Crippen molar-refractivity contribution in [1.29, 1.82) is 0 Å². The zero-order chi connectivity index (χ0) is 14.2. The summed E-state index contributed by atoms with van der Waals surface area (Å²) in [5.41, 5.74) is 1.11. The predicted molar refractivity (Wildman–Crippen MR) is 89.4 cm³/mol. The van der Waals surface area contributed by atoms with E-state index in [1.807, 2.05) is 0 Å². The summed E-state index contributed by atoms with van der Waals surface area (Å²) in [7, 11) is 0. The molecule has 20 heavy (non-hydrogen) atoms. The van der Waals surface area contributed by atoms with E-state index in [4.69, 9.17) is 0 Å². The first kappa shape index (κ1) is 15.5. The summed E-state index contributed by atoms with van der Waals surface area (Å²) in [5.74, 6) is 0. The van der Waals surface area contributed by atoms with E-state index in [0.717, 1.165) is 18.4 Å². The van der Waals surface area contributed by atoms with Crippen LogP contribution in [0.15, 0.2) is 29.6 Å². The van der Waals surface area contributed by atoms with Crippen LogP contribution in [-0.2, 0) is 0 Å². The van der Waals surface area contributed by atoms with E-state index >= 15 is 0 Å². The molecule has 0 aliphatic rings. The van der Waals surface area contributed by atoms with Crippen LogP contribution in [0.3, 0.4) is 0 Å². The lowest BCUT2D eigenvalue weighted by atomic mass is 10.0. The van der Waals surface area contributed by atoms with E-state index in [9.17, 15) is 5.11 Å². The van der Waals surface area contributed by atoms with Crippen molar-refractivity contribution in [2.75, 3.05) is 0 Å². The van der Waals surface area contributed by atoms with Crippen molar-refractivity contribution in [2.45, 2.75) is 64.4 Å². The molecule has 0 aliphatic heterocycles. The number of fused-ring (bicyclic) bond motifs is 1. The van der Waals surface area contributed by atoms with E-state index in [0.29, 0.717) is 0 Å². The van der Waals surface area contributed by atoms with Gasteiger partial charge in [0.15, 0.2) is 0 Å². The van der Waals surface area contributed by atoms with Crippen molar-refractivity contribution in [1.82, 2.24) is 0 Å². The predicted octanol–water partition coefficient (Wildman–Crippen LogP) is 6.08. The number of hydrogen-bond donors (Lipinski definition) is 1. The van der Waals surface area contributed by atoms with Gasteiger partial charge in [0.2, 0.25) is 0 Å². The highest BCUT2D eigenvalue weighted by molar-refractivity contribution is 7.17. The van der Waals surface area contributed by atoms with Gasteiger partial charge in [-0.1, -0.05) is 70.1 Å². The maximum absolute atomic E-state index is 10.4. The summed E-state index contributed by atoms with van der Waals surface area (Å²) < 4.78 is 1.25. The normalized spacial score (nSPS) is 12.9. The minimum Gasteiger partial charge on any atom is -0.388 e. The molecule has 2 rings (SSSR count). The minimum atomic E-state index is -0.298. The molecule has 110 valence electrons. The largest absolute Gasteiger partial charge is 0.388 e. The van der Waals surface area contributed by atoms with E-state index in [-0.39, 0.29) is 6.10 Å². The highest BCUT2D eigenvalue weighted by atomic mass is 32.1. The van der Waals surface area contributed by atoms with E-state index in [1.165, 1.54) is 48.6 Å². The summed E-state index contributed by atoms with van der Waals surface area (Å²) in [5, 5.41) is 13.7. The fourth-order valence-electron chi connectivity index (χ4n) is 2.73. The van der Waals surface area contributed by atoms with Gasteiger partial charge in [-0.05, 0) is 28.8 Å². The van der Waals surface area contributed by atoms with Crippen molar-refractivity contribution in [3.05, 3.63) is 35.2 Å². The third-order valence-corrected chi connectivity index (χ3v) is 4.93. The molecule has 0 aliphatic carbocycles. The molecule has 1 aromatic carbocycles. The van der Waals surface area contributed by atoms with Gasteiger partial charge in [-0.15, -0.1) is 11.3 Å². The summed E-state index contributed by atoms with van der Waals surface area (Å²) in [4.78, 5) is 0. The molecule has 0 saturated heterocycles. The van der Waals surface area contributed by atoms with Crippen molar-refractivity contribution >= 4 is 21.4 Å². The number of aliphatic hydroxyl groups is 1. The smallest absolute Gasteiger partial charge is 0.0803 e. The molecule has 2 aromatic rings. The summed E-state index contributed by atoms with van der Waals surface area (Å²) in [6.07, 6.45) is 9.69. The highest BCUT2D eigenvalue weighted by Crippen LogP contribution is 2.31. The maximum atomic E-state index is 10.4. The topological polar surface area (TPSA) is 20.2 Å². The van der Waals surface area contributed by atoms with Crippen molar-refractivity contribution in [3.8, 4) is 0 Å². The lowest BCUT2D eigenvalue weighted by Gasteiger charge is -2.12. The Labute approximate surface area is 126 Å². The van der Waals surface area contributed by atoms with Gasteiger partial charge >= 0.3 is 0 Å². The van der Waals surface area contributed by atoms with Crippen molar-refractivity contribution < 1.29 is 5.11 Å². The van der Waals surface area contributed by atoms with Crippen LogP contribution in [0.5, 0.6) is 0 Å². The molecule has 0 fully saturated rings. The Bertz CT molecular complexity index is 503. The quantitative estimate of drug-likeness (QED) is 0.555. The molecule has 1 heterocycles. The standard InChI is InChI=1S/C18H26OS/c1-2-3-4-5-6-7-8-12-17(19)16-11-9-10-15-13-14-20-18(15)16/h9-11,13-14,17,19H,2-8,12H2,1H3. The lowest BCUT2D eigenvalue weighted by molar-refractivity contribution is 0.165. The first-order valence-electron chi connectivity index (χ1n) is 7.97. The third-order valence-electron chi connectivity index (χ3n) is 3.95. The van der Waals surface area contributed by atoms with Gasteiger partial charge in [-0.25, -0.2) is 0 Å². The Morgan fingerprint density at radius 1 is 1.00 bits per heavy atom. The molecule has 2 heteroatoms. The van der Waals surface area contributed by atoms with Gasteiger partial charge in [0, 0.05) is 4.70 Å². The Kier molecular flexibility index (Phi) is 6.55. The van der Waals surface area contributed by atoms with E-state index in [1.54, 1.807) is 11.3 Å². The number of rotatable bonds is 9. The highest BCUT2D eigenvalue weighted by Gasteiger charge is 2.11. The van der Waals surface area contributed by atoms with Crippen LogP contribution in [0.2, 0.25) is 0 Å². The number of hydrogen-bond acceptors (Lipinski definition) is 2. The van der Waals surface area contributed by atoms with Crippen LogP contribution >= 0.6 is 11.3 Å². The molecule has 1 unspecified atom stereocenters. The van der Waals surface area contributed by atoms with Gasteiger partial charge in [-0.3, -0.25) is 0 Å². The third kappa shape index (κ3) is 4.32. The summed E-state index contributed by atoms with van der Waals surface area (Å²) in [6.45, 7) is 2.25. The molecule has 0 spiro atoms. The van der Waals surface area contributed by atoms with Crippen LogP contribution in [0.1, 0.15) is 70.0 Å². The Hall–Kier alpha value is -0.860. The molecule has 1 atom stereocenters. The molecule has 1 nitrogen and oxygen atoms in total. The fraction of sp³-hybridized carbons (Fsp3) is 0.556. The summed E-state index contributed by atoms with van der Waals surface area (Å²) >= 11 is 1.74. The molecule has 0 amide bonds. The number of unbranched alkanes of at least 4 members (excludes halogenated alkanes) is 6. The summed E-state index contributed by atoms with van der Waals surface area (Å²) in [6, 6.07) is 8.38. The number of thiophene rings is 1. The van der Waals surface area contributed by atoms with Crippen molar-refractivity contribution in [2.24, 2.45) is 0 Å². The minimum absolute atomic E-state index is 0.298. The van der Waals surface area contributed by atoms with Crippen LogP contribution in [-0.4, -0.2) is 5.11 Å². The lowest BCUT2D eigenvalue weighted by Crippen LogP contribution is -1.97. The van der Waals surface area contributed by atoms with Crippen LogP contribution in [0.25, 0.3) is 10.1 Å². The molecule has 0 radical (unpaired) electrons. The number of aliphatic hydroxyl groups excluding tert-OH is 1. The van der Waals surface area contributed by atoms with Crippen LogP contribution in [0.4, 0.5) is 0 Å². The van der Waals surface area contributed by atoms with Gasteiger partial charge in [-0.2, -0.15) is 0 Å². The average Bonchev–Trinajstić information content (AvgIpc) is 2.94. The van der Waals surface area contributed by atoms with Gasteiger partial charge in [0.05, 0.1) is 6.10 Å².